The van der Waals surface area contributed by atoms with Crippen molar-refractivity contribution >= 4 is 11.6 Å². The Kier molecular flexibility index (Phi) is 6.67. The largest absolute Gasteiger partial charge is 0.488 e. The summed E-state index contributed by atoms with van der Waals surface area (Å²) in [5.41, 5.74) is 7.40. The molecule has 4 rings (SSSR count). The number of pyridine rings is 1. The van der Waals surface area contributed by atoms with Crippen LogP contribution >= 0.6 is 0 Å². The maximum Gasteiger partial charge on any atom is 0.248 e. The number of hydrogen-bond acceptors (Lipinski definition) is 8. The van der Waals surface area contributed by atoms with E-state index in [-0.39, 0.29) is 17.7 Å². The van der Waals surface area contributed by atoms with Crippen LogP contribution in [0, 0.1) is 5.41 Å². The van der Waals surface area contributed by atoms with Crippen LogP contribution in [-0.2, 0) is 11.2 Å². The number of fused-ring (bicyclic) bond motifs is 1. The average molecular weight is 438 g/mol. The number of rotatable bonds is 7. The van der Waals surface area contributed by atoms with Crippen molar-refractivity contribution in [3.63, 3.8) is 0 Å². The molecule has 0 aliphatic carbocycles. The molecule has 2 aliphatic rings. The second kappa shape index (κ2) is 9.80. The van der Waals surface area contributed by atoms with Crippen molar-refractivity contribution in [2.24, 2.45) is 5.73 Å². The molecular formula is C23H27N5O4. The molecule has 1 atom stereocenters. The Morgan fingerprint density at radius 2 is 2.09 bits per heavy atom. The van der Waals surface area contributed by atoms with E-state index in [0.29, 0.717) is 30.3 Å². The topological polar surface area (TPSA) is 125 Å². The second-order valence-corrected chi connectivity index (χ2v) is 7.81. The Balaban J connectivity index is 1.31. The van der Waals surface area contributed by atoms with Gasteiger partial charge in [0.2, 0.25) is 11.8 Å². The smallest absolute Gasteiger partial charge is 0.248 e. The van der Waals surface area contributed by atoms with Gasteiger partial charge in [0.1, 0.15) is 24.2 Å². The number of aliphatic hydroxyl groups excluding tert-OH is 1. The van der Waals surface area contributed by atoms with E-state index >= 15 is 0 Å². The maximum absolute atomic E-state index is 11.6. The number of carbonyl (C=O) groups excluding carboxylic acids is 1. The van der Waals surface area contributed by atoms with E-state index < -0.39 is 6.61 Å². The van der Waals surface area contributed by atoms with Gasteiger partial charge in [0.15, 0.2) is 0 Å². The van der Waals surface area contributed by atoms with Crippen LogP contribution in [-0.4, -0.2) is 76.9 Å². The van der Waals surface area contributed by atoms with Gasteiger partial charge in [-0.3, -0.25) is 9.69 Å². The van der Waals surface area contributed by atoms with Gasteiger partial charge in [-0.2, -0.15) is 0 Å². The molecule has 168 valence electrons. The molecular weight excluding hydrogens is 410 g/mol. The van der Waals surface area contributed by atoms with Crippen molar-refractivity contribution < 1.29 is 19.4 Å². The Morgan fingerprint density at radius 1 is 1.28 bits per heavy atom. The van der Waals surface area contributed by atoms with E-state index in [2.05, 4.69) is 9.88 Å². The lowest BCUT2D eigenvalue weighted by Crippen LogP contribution is -2.51. The van der Waals surface area contributed by atoms with Crippen LogP contribution in [0.1, 0.15) is 11.1 Å². The summed E-state index contributed by atoms with van der Waals surface area (Å²) in [5.74, 6) is 1.67. The number of piperazine rings is 1. The third-order valence-electron chi connectivity index (χ3n) is 5.63. The quantitative estimate of drug-likeness (QED) is 0.555. The zero-order valence-electron chi connectivity index (χ0n) is 17.7. The van der Waals surface area contributed by atoms with Gasteiger partial charge in [0, 0.05) is 63.0 Å². The number of benzene rings is 1. The van der Waals surface area contributed by atoms with Crippen LogP contribution in [0.3, 0.4) is 0 Å². The number of nitrogens with one attached hydrogen (secondary N) is 1. The van der Waals surface area contributed by atoms with Crippen LogP contribution in [0.25, 0.3) is 0 Å². The van der Waals surface area contributed by atoms with Crippen LogP contribution in [0.5, 0.6) is 17.4 Å². The van der Waals surface area contributed by atoms with Crippen LogP contribution in [0.2, 0.25) is 0 Å². The Hall–Kier alpha value is -3.43. The molecule has 1 saturated heterocycles. The van der Waals surface area contributed by atoms with Gasteiger partial charge in [-0.05, 0) is 30.0 Å². The first-order chi connectivity index (χ1) is 15.6. The Labute approximate surface area is 186 Å². The number of nitrogens with zero attached hydrogens (tertiary/aromatic N) is 3. The molecule has 9 nitrogen and oxygen atoms in total. The highest BCUT2D eigenvalue weighted by molar-refractivity contribution is 6.06. The van der Waals surface area contributed by atoms with Crippen molar-refractivity contribution in [1.29, 1.82) is 5.41 Å². The summed E-state index contributed by atoms with van der Waals surface area (Å²) in [4.78, 5) is 19.8. The van der Waals surface area contributed by atoms with Gasteiger partial charge in [0.25, 0.3) is 0 Å². The van der Waals surface area contributed by atoms with Crippen LogP contribution in [0.4, 0.5) is 0 Å². The minimum Gasteiger partial charge on any atom is -0.488 e. The molecule has 9 heteroatoms. The Morgan fingerprint density at radius 3 is 2.78 bits per heavy atom. The monoisotopic (exact) mass is 437 g/mol. The van der Waals surface area contributed by atoms with E-state index in [9.17, 15) is 4.79 Å². The summed E-state index contributed by atoms with van der Waals surface area (Å²) < 4.78 is 12.0. The molecule has 1 fully saturated rings. The number of ether oxygens (including phenoxy) is 2. The van der Waals surface area contributed by atoms with E-state index in [0.717, 1.165) is 37.4 Å². The van der Waals surface area contributed by atoms with Gasteiger partial charge >= 0.3 is 0 Å². The number of allylic oxidation sites excluding steroid dienone is 1. The lowest BCUT2D eigenvalue weighted by atomic mass is 10.1. The maximum atomic E-state index is 11.6. The van der Waals surface area contributed by atoms with E-state index in [1.807, 2.05) is 18.2 Å². The first kappa shape index (κ1) is 21.8. The molecule has 2 aliphatic heterocycles. The third-order valence-corrected chi connectivity index (χ3v) is 5.63. The van der Waals surface area contributed by atoms with Gasteiger partial charge in [-0.1, -0.05) is 6.07 Å². The van der Waals surface area contributed by atoms with E-state index in [1.54, 1.807) is 23.2 Å². The first-order valence-electron chi connectivity index (χ1n) is 10.6. The summed E-state index contributed by atoms with van der Waals surface area (Å²) in [7, 11) is 0. The molecule has 0 spiro atoms. The zero-order valence-corrected chi connectivity index (χ0v) is 17.7. The second-order valence-electron chi connectivity index (χ2n) is 7.81. The van der Waals surface area contributed by atoms with Crippen molar-refractivity contribution in [3.8, 4) is 17.4 Å². The number of amides is 1. The molecule has 2 aromatic rings. The molecule has 1 aromatic carbocycles. The standard InChI is InChI=1S/C23H27N5O4/c24-6-5-20(25)17-2-4-22(26-13-17)32-18-3-1-16-11-19(31-21(16)12-18)14-27-7-9-28(10-8-27)23(30)15-29/h1-6,12-13,19,25,29H,7-11,14-15,24H2. The summed E-state index contributed by atoms with van der Waals surface area (Å²) in [5, 5.41) is 16.9. The molecule has 0 saturated carbocycles. The molecule has 3 heterocycles. The fraction of sp³-hybridized carbons (Fsp3) is 0.348. The Bertz CT molecular complexity index is 1000. The molecule has 1 unspecified atom stereocenters. The van der Waals surface area contributed by atoms with E-state index in [4.69, 9.17) is 25.7 Å². The lowest BCUT2D eigenvalue weighted by molar-refractivity contribution is -0.136. The van der Waals surface area contributed by atoms with Gasteiger partial charge in [-0.15, -0.1) is 0 Å². The van der Waals surface area contributed by atoms with Crippen LogP contribution in [0.15, 0.2) is 48.8 Å². The SMILES string of the molecule is N=C(C=CN)c1ccc(Oc2ccc3c(c2)OC(CN2CCN(C(=O)CO)CC2)C3)nc1. The number of carbonyl (C=O) groups is 1. The highest BCUT2D eigenvalue weighted by Gasteiger charge is 2.28. The molecule has 0 radical (unpaired) electrons. The number of aromatic nitrogens is 1. The average Bonchev–Trinajstić information content (AvgIpc) is 3.21. The lowest BCUT2D eigenvalue weighted by Gasteiger charge is -2.35. The highest BCUT2D eigenvalue weighted by atomic mass is 16.5. The molecule has 4 N–H and O–H groups in total. The predicted molar refractivity (Wildman–Crippen MR) is 119 cm³/mol. The molecule has 1 aromatic heterocycles. The number of nitrogens with two attached hydrogens (primary N) is 1. The van der Waals surface area contributed by atoms with Crippen molar-refractivity contribution in [3.05, 3.63) is 59.9 Å². The molecule has 0 bridgehead atoms. The summed E-state index contributed by atoms with van der Waals surface area (Å²) in [6.45, 7) is 3.17. The minimum atomic E-state index is -0.430. The number of hydrogen-bond donors (Lipinski definition) is 3. The zero-order chi connectivity index (χ0) is 22.5. The molecule has 32 heavy (non-hydrogen) atoms. The minimum absolute atomic E-state index is 0.0550. The fourth-order valence-corrected chi connectivity index (χ4v) is 3.93. The van der Waals surface area contributed by atoms with Gasteiger partial charge < -0.3 is 30.6 Å². The number of aliphatic hydroxyl groups is 1. The normalized spacial score (nSPS) is 18.4. The van der Waals surface area contributed by atoms with Crippen molar-refractivity contribution in [2.75, 3.05) is 39.3 Å². The van der Waals surface area contributed by atoms with Crippen molar-refractivity contribution in [1.82, 2.24) is 14.8 Å². The summed E-state index contributed by atoms with van der Waals surface area (Å²) >= 11 is 0. The van der Waals surface area contributed by atoms with E-state index in [1.165, 1.54) is 12.3 Å². The predicted octanol–water partition coefficient (Wildman–Crippen LogP) is 1.15. The van der Waals surface area contributed by atoms with Crippen LogP contribution < -0.4 is 15.2 Å². The third kappa shape index (κ3) is 5.06. The fourth-order valence-electron chi connectivity index (χ4n) is 3.93. The molecule has 1 amide bonds. The first-order valence-corrected chi connectivity index (χ1v) is 10.6. The summed E-state index contributed by atoms with van der Waals surface area (Å²) in [6, 6.07) is 9.27. The van der Waals surface area contributed by atoms with Crippen molar-refractivity contribution in [2.45, 2.75) is 12.5 Å². The summed E-state index contributed by atoms with van der Waals surface area (Å²) in [6.07, 6.45) is 5.28. The van der Waals surface area contributed by atoms with Gasteiger partial charge in [0.05, 0.1) is 5.71 Å². The highest BCUT2D eigenvalue weighted by Crippen LogP contribution is 2.34. The van der Waals surface area contributed by atoms with Gasteiger partial charge in [-0.25, -0.2) is 4.98 Å².